The molecule has 0 atom stereocenters. The van der Waals surface area contributed by atoms with Crippen molar-refractivity contribution < 1.29 is 13.6 Å². The van der Waals surface area contributed by atoms with Crippen molar-refractivity contribution >= 4 is 40.1 Å². The van der Waals surface area contributed by atoms with Crippen LogP contribution in [0.5, 0.6) is 0 Å². The van der Waals surface area contributed by atoms with Gasteiger partial charge >= 0.3 is 0 Å². The summed E-state index contributed by atoms with van der Waals surface area (Å²) in [7, 11) is 0. The predicted octanol–water partition coefficient (Wildman–Crippen LogP) is 6.15. The van der Waals surface area contributed by atoms with Crippen molar-refractivity contribution in [1.82, 2.24) is 15.1 Å². The number of fused-ring (bicyclic) bond motifs is 1. The number of furan rings is 1. The molecular formula is C22H19Cl2N3O3. The third-order valence-electron chi connectivity index (χ3n) is 4.77. The number of aryl methyl sites for hydroxylation is 1. The van der Waals surface area contributed by atoms with Crippen LogP contribution >= 0.6 is 23.2 Å². The van der Waals surface area contributed by atoms with E-state index in [0.717, 1.165) is 17.4 Å². The molecule has 8 heteroatoms. The van der Waals surface area contributed by atoms with E-state index in [-0.39, 0.29) is 18.2 Å². The maximum Gasteiger partial charge on any atom is 0.290 e. The normalized spacial score (nSPS) is 11.2. The Hall–Kier alpha value is -2.83. The Bertz CT molecular complexity index is 1220. The first-order chi connectivity index (χ1) is 14.5. The molecule has 0 aliphatic rings. The molecule has 0 spiro atoms. The fraction of sp³-hybridized carbons (Fsp3) is 0.227. The summed E-state index contributed by atoms with van der Waals surface area (Å²) in [4.78, 5) is 14.9. The van der Waals surface area contributed by atoms with Crippen LogP contribution in [0.1, 0.15) is 35.4 Å². The van der Waals surface area contributed by atoms with E-state index in [0.29, 0.717) is 39.5 Å². The smallest absolute Gasteiger partial charge is 0.290 e. The van der Waals surface area contributed by atoms with Gasteiger partial charge in [0.15, 0.2) is 5.76 Å². The third-order valence-corrected chi connectivity index (χ3v) is 5.34. The topological polar surface area (TPSA) is 72.4 Å². The molecular weight excluding hydrogens is 425 g/mol. The van der Waals surface area contributed by atoms with E-state index in [4.69, 9.17) is 32.0 Å². The summed E-state index contributed by atoms with van der Waals surface area (Å²) in [6.07, 6.45) is 0.766. The first-order valence-corrected chi connectivity index (χ1v) is 10.3. The summed E-state index contributed by atoms with van der Waals surface area (Å²) in [5.74, 6) is 0.684. The molecule has 0 fully saturated rings. The van der Waals surface area contributed by atoms with Crippen LogP contribution in [0.2, 0.25) is 10.0 Å². The Morgan fingerprint density at radius 2 is 1.90 bits per heavy atom. The fourth-order valence-electron chi connectivity index (χ4n) is 3.29. The second-order valence-corrected chi connectivity index (χ2v) is 7.75. The molecule has 6 nitrogen and oxygen atoms in total. The second kappa shape index (κ2) is 8.50. The first kappa shape index (κ1) is 20.4. The highest BCUT2D eigenvalue weighted by atomic mass is 35.5. The van der Waals surface area contributed by atoms with Crippen molar-refractivity contribution in [1.29, 1.82) is 0 Å². The van der Waals surface area contributed by atoms with Gasteiger partial charge in [0.1, 0.15) is 5.58 Å². The number of hydrogen-bond acceptors (Lipinski definition) is 5. The number of hydrogen-bond donors (Lipinski definition) is 0. The van der Waals surface area contributed by atoms with E-state index in [1.165, 1.54) is 0 Å². The van der Waals surface area contributed by atoms with Crippen molar-refractivity contribution in [2.75, 3.05) is 6.54 Å². The molecule has 0 N–H and O–H groups in total. The highest BCUT2D eigenvalue weighted by Gasteiger charge is 2.25. The van der Waals surface area contributed by atoms with Crippen LogP contribution in [0.15, 0.2) is 51.3 Å². The maximum atomic E-state index is 13.2. The zero-order chi connectivity index (χ0) is 21.3. The molecule has 2 aromatic heterocycles. The minimum atomic E-state index is -0.237. The molecule has 154 valence electrons. The molecule has 30 heavy (non-hydrogen) atoms. The Balaban J connectivity index is 1.61. The average molecular weight is 444 g/mol. The Labute approximate surface area is 183 Å². The van der Waals surface area contributed by atoms with E-state index in [9.17, 15) is 4.79 Å². The summed E-state index contributed by atoms with van der Waals surface area (Å²) < 4.78 is 11.6. The largest absolute Gasteiger partial charge is 0.451 e. The predicted molar refractivity (Wildman–Crippen MR) is 116 cm³/mol. The van der Waals surface area contributed by atoms with Gasteiger partial charge in [0.25, 0.3) is 5.91 Å². The van der Waals surface area contributed by atoms with E-state index in [2.05, 4.69) is 10.2 Å². The van der Waals surface area contributed by atoms with Gasteiger partial charge in [-0.25, -0.2) is 0 Å². The Kier molecular flexibility index (Phi) is 5.79. The monoisotopic (exact) mass is 443 g/mol. The highest BCUT2D eigenvalue weighted by Crippen LogP contribution is 2.30. The maximum absolute atomic E-state index is 13.2. The SMILES string of the molecule is CCCN(Cc1nnc(-c2ccccc2Cl)o1)C(=O)c1oc2ccc(Cl)cc2c1C. The molecule has 2 aromatic carbocycles. The molecule has 0 radical (unpaired) electrons. The number of amides is 1. The van der Waals surface area contributed by atoms with Crippen molar-refractivity contribution in [3.63, 3.8) is 0 Å². The molecule has 0 aliphatic carbocycles. The minimum Gasteiger partial charge on any atom is -0.451 e. The lowest BCUT2D eigenvalue weighted by Gasteiger charge is -2.19. The zero-order valence-electron chi connectivity index (χ0n) is 16.5. The standard InChI is InChI=1S/C22H19Cl2N3O3/c1-3-10-27(12-19-25-26-21(30-19)15-6-4-5-7-17(15)24)22(28)20-13(2)16-11-14(23)8-9-18(16)29-20/h4-9,11H,3,10,12H2,1-2H3. The van der Waals surface area contributed by atoms with Gasteiger partial charge in [0.05, 0.1) is 17.1 Å². The van der Waals surface area contributed by atoms with Crippen molar-refractivity contribution in [3.05, 3.63) is 69.7 Å². The van der Waals surface area contributed by atoms with E-state index >= 15 is 0 Å². The third kappa shape index (κ3) is 3.93. The molecule has 0 saturated carbocycles. The van der Waals surface area contributed by atoms with Gasteiger partial charge in [0, 0.05) is 22.5 Å². The van der Waals surface area contributed by atoms with Crippen molar-refractivity contribution in [2.45, 2.75) is 26.8 Å². The number of nitrogens with zero attached hydrogens (tertiary/aromatic N) is 3. The summed E-state index contributed by atoms with van der Waals surface area (Å²) in [6.45, 7) is 4.53. The molecule has 0 aliphatic heterocycles. The van der Waals surface area contributed by atoms with Crippen LogP contribution in [-0.2, 0) is 6.54 Å². The lowest BCUT2D eigenvalue weighted by atomic mass is 10.1. The lowest BCUT2D eigenvalue weighted by Crippen LogP contribution is -2.31. The lowest BCUT2D eigenvalue weighted by molar-refractivity contribution is 0.0698. The van der Waals surface area contributed by atoms with Crippen LogP contribution in [0.3, 0.4) is 0 Å². The van der Waals surface area contributed by atoms with Gasteiger partial charge in [-0.3, -0.25) is 4.79 Å². The summed E-state index contributed by atoms with van der Waals surface area (Å²) >= 11 is 12.3. The van der Waals surface area contributed by atoms with Crippen LogP contribution < -0.4 is 0 Å². The number of benzene rings is 2. The van der Waals surface area contributed by atoms with Crippen molar-refractivity contribution in [3.8, 4) is 11.5 Å². The summed E-state index contributed by atoms with van der Waals surface area (Å²) in [5.41, 5.74) is 2.02. The molecule has 4 rings (SSSR count). The molecule has 0 unspecified atom stereocenters. The number of rotatable bonds is 6. The summed E-state index contributed by atoms with van der Waals surface area (Å²) in [6, 6.07) is 12.5. The molecule has 4 aromatic rings. The second-order valence-electron chi connectivity index (χ2n) is 6.90. The fourth-order valence-corrected chi connectivity index (χ4v) is 3.68. The van der Waals surface area contributed by atoms with Crippen LogP contribution in [0.25, 0.3) is 22.4 Å². The number of carbonyl (C=O) groups excluding carboxylic acids is 1. The van der Waals surface area contributed by atoms with Gasteiger partial charge in [-0.1, -0.05) is 42.3 Å². The van der Waals surface area contributed by atoms with E-state index in [1.807, 2.05) is 26.0 Å². The number of halogens is 2. The molecule has 1 amide bonds. The van der Waals surface area contributed by atoms with Gasteiger partial charge in [-0.2, -0.15) is 0 Å². The Morgan fingerprint density at radius 1 is 1.10 bits per heavy atom. The highest BCUT2D eigenvalue weighted by molar-refractivity contribution is 6.33. The molecule has 0 bridgehead atoms. The van der Waals surface area contributed by atoms with Crippen molar-refractivity contribution in [2.24, 2.45) is 0 Å². The first-order valence-electron chi connectivity index (χ1n) is 9.53. The van der Waals surface area contributed by atoms with Gasteiger partial charge in [-0.05, 0) is 43.7 Å². The van der Waals surface area contributed by atoms with Crippen LogP contribution in [-0.4, -0.2) is 27.5 Å². The zero-order valence-corrected chi connectivity index (χ0v) is 18.0. The van der Waals surface area contributed by atoms with E-state index < -0.39 is 0 Å². The van der Waals surface area contributed by atoms with Crippen LogP contribution in [0.4, 0.5) is 0 Å². The minimum absolute atomic E-state index is 0.168. The molecule has 2 heterocycles. The average Bonchev–Trinajstić information content (AvgIpc) is 3.32. The van der Waals surface area contributed by atoms with Gasteiger partial charge in [-0.15, -0.1) is 10.2 Å². The number of carbonyl (C=O) groups is 1. The Morgan fingerprint density at radius 3 is 2.67 bits per heavy atom. The quantitative estimate of drug-likeness (QED) is 0.357. The number of aromatic nitrogens is 2. The summed E-state index contributed by atoms with van der Waals surface area (Å²) in [5, 5.41) is 10.1. The van der Waals surface area contributed by atoms with E-state index in [1.54, 1.807) is 35.2 Å². The van der Waals surface area contributed by atoms with Gasteiger partial charge < -0.3 is 13.7 Å². The molecule has 0 saturated heterocycles. The van der Waals surface area contributed by atoms with Crippen LogP contribution in [0, 0.1) is 6.92 Å². The van der Waals surface area contributed by atoms with Gasteiger partial charge in [0.2, 0.25) is 11.8 Å².